The van der Waals surface area contributed by atoms with Crippen molar-refractivity contribution in [1.29, 1.82) is 0 Å². The Morgan fingerprint density at radius 1 is 1.11 bits per heavy atom. The molecule has 1 aliphatic rings. The summed E-state index contributed by atoms with van der Waals surface area (Å²) in [5, 5.41) is 16.8. The number of carboxylic acids is 1. The number of carbonyl (C=O) groups is 2. The smallest absolute Gasteiger partial charge is 0.413 e. The molecule has 5 rings (SSSR count). The van der Waals surface area contributed by atoms with Gasteiger partial charge < -0.3 is 9.84 Å². The molecule has 2 aromatic heterocycles. The van der Waals surface area contributed by atoms with Gasteiger partial charge in [-0.2, -0.15) is 0 Å². The summed E-state index contributed by atoms with van der Waals surface area (Å²) >= 11 is 0. The van der Waals surface area contributed by atoms with E-state index < -0.39 is 29.4 Å². The molecule has 1 saturated carbocycles. The molecule has 0 saturated heterocycles. The molecule has 9 heteroatoms. The van der Waals surface area contributed by atoms with Crippen molar-refractivity contribution in [1.82, 2.24) is 14.8 Å². The average molecular weight is 501 g/mol. The lowest BCUT2D eigenvalue weighted by atomic mass is 9.89. The van der Waals surface area contributed by atoms with Crippen molar-refractivity contribution in [2.24, 2.45) is 0 Å². The summed E-state index contributed by atoms with van der Waals surface area (Å²) in [7, 11) is 0. The zero-order chi connectivity index (χ0) is 26.2. The lowest BCUT2D eigenvalue weighted by molar-refractivity contribution is -0.140. The molecule has 0 spiro atoms. The maximum absolute atomic E-state index is 14.9. The fourth-order valence-electron chi connectivity index (χ4n) is 4.37. The number of benzene rings is 2. The predicted molar refractivity (Wildman–Crippen MR) is 135 cm³/mol. The fraction of sp³-hybridized carbons (Fsp3) is 0.214. The quantitative estimate of drug-likeness (QED) is 0.332. The SMILES string of the molecule is Cc1cn(-c2ccc(-c3c(F)cccc3C3(C(=O)O)CC3)nc2)nc1NC(=O)OC(C)c1ccccc1. The van der Waals surface area contributed by atoms with Crippen molar-refractivity contribution >= 4 is 17.9 Å². The number of hydrogen-bond donors (Lipinski definition) is 2. The van der Waals surface area contributed by atoms with E-state index in [2.05, 4.69) is 15.4 Å². The molecular weight excluding hydrogens is 475 g/mol. The molecule has 1 atom stereocenters. The number of carboxylic acid groups (broad SMARTS) is 1. The maximum Gasteiger partial charge on any atom is 0.413 e. The van der Waals surface area contributed by atoms with Gasteiger partial charge >= 0.3 is 12.1 Å². The number of aliphatic carboxylic acids is 1. The second-order valence-corrected chi connectivity index (χ2v) is 9.14. The summed E-state index contributed by atoms with van der Waals surface area (Å²) < 4.78 is 21.9. The van der Waals surface area contributed by atoms with E-state index in [0.717, 1.165) is 5.56 Å². The van der Waals surface area contributed by atoms with Gasteiger partial charge in [0, 0.05) is 17.3 Å². The molecule has 1 amide bonds. The van der Waals surface area contributed by atoms with Crippen LogP contribution in [0.5, 0.6) is 0 Å². The predicted octanol–water partition coefficient (Wildman–Crippen LogP) is 5.81. The number of halogens is 1. The first-order chi connectivity index (χ1) is 17.8. The number of nitrogens with zero attached hydrogens (tertiary/aromatic N) is 3. The highest BCUT2D eigenvalue weighted by Crippen LogP contribution is 2.51. The maximum atomic E-state index is 14.9. The first-order valence-electron chi connectivity index (χ1n) is 11.9. The Labute approximate surface area is 212 Å². The van der Waals surface area contributed by atoms with Crippen LogP contribution in [-0.2, 0) is 14.9 Å². The fourth-order valence-corrected chi connectivity index (χ4v) is 4.37. The van der Waals surface area contributed by atoms with E-state index in [9.17, 15) is 19.1 Å². The molecule has 1 unspecified atom stereocenters. The van der Waals surface area contributed by atoms with Gasteiger partial charge in [-0.3, -0.25) is 15.1 Å². The van der Waals surface area contributed by atoms with Gasteiger partial charge in [0.05, 0.1) is 23.0 Å². The number of hydrogen-bond acceptors (Lipinski definition) is 5. The molecule has 188 valence electrons. The van der Waals surface area contributed by atoms with Crippen molar-refractivity contribution in [2.75, 3.05) is 5.32 Å². The minimum atomic E-state index is -1.07. The summed E-state index contributed by atoms with van der Waals surface area (Å²) in [6.45, 7) is 3.59. The van der Waals surface area contributed by atoms with Gasteiger partial charge in [-0.05, 0) is 56.0 Å². The molecule has 8 nitrogen and oxygen atoms in total. The van der Waals surface area contributed by atoms with Gasteiger partial charge in [0.2, 0.25) is 0 Å². The highest BCUT2D eigenvalue weighted by Gasteiger charge is 2.53. The first kappa shape index (κ1) is 24.2. The molecule has 2 heterocycles. The van der Waals surface area contributed by atoms with Crippen LogP contribution in [0.3, 0.4) is 0 Å². The number of rotatable bonds is 7. The number of aromatic nitrogens is 3. The molecule has 0 bridgehead atoms. The molecular formula is C28H25FN4O4. The molecule has 1 aliphatic carbocycles. The Morgan fingerprint density at radius 3 is 2.51 bits per heavy atom. The molecule has 2 aromatic carbocycles. The molecule has 37 heavy (non-hydrogen) atoms. The van der Waals surface area contributed by atoms with Crippen LogP contribution < -0.4 is 5.32 Å². The van der Waals surface area contributed by atoms with Gasteiger partial charge in [-0.1, -0.05) is 42.5 Å². The van der Waals surface area contributed by atoms with Crippen LogP contribution in [0.2, 0.25) is 0 Å². The third kappa shape index (κ3) is 4.67. The Kier molecular flexibility index (Phi) is 6.20. The van der Waals surface area contributed by atoms with Gasteiger partial charge in [-0.25, -0.2) is 13.9 Å². The minimum absolute atomic E-state index is 0.197. The summed E-state index contributed by atoms with van der Waals surface area (Å²) in [6, 6.07) is 17.2. The zero-order valence-corrected chi connectivity index (χ0v) is 20.3. The van der Waals surface area contributed by atoms with E-state index in [-0.39, 0.29) is 5.56 Å². The number of aryl methyl sites for hydroxylation is 1. The highest BCUT2D eigenvalue weighted by atomic mass is 19.1. The van der Waals surface area contributed by atoms with Gasteiger partial charge in [0.1, 0.15) is 11.9 Å². The Morgan fingerprint density at radius 2 is 1.86 bits per heavy atom. The summed E-state index contributed by atoms with van der Waals surface area (Å²) in [5.74, 6) is -1.14. The van der Waals surface area contributed by atoms with Crippen molar-refractivity contribution < 1.29 is 23.8 Å². The van der Waals surface area contributed by atoms with Gasteiger partial charge in [-0.15, -0.1) is 5.10 Å². The van der Waals surface area contributed by atoms with Crippen LogP contribution in [0.25, 0.3) is 16.9 Å². The molecule has 0 radical (unpaired) electrons. The van der Waals surface area contributed by atoms with Crippen LogP contribution in [0, 0.1) is 12.7 Å². The van der Waals surface area contributed by atoms with Crippen molar-refractivity contribution in [3.8, 4) is 16.9 Å². The Hall–Kier alpha value is -4.53. The van der Waals surface area contributed by atoms with Crippen LogP contribution in [0.1, 0.15) is 42.6 Å². The van der Waals surface area contributed by atoms with Gasteiger partial charge in [0.15, 0.2) is 5.82 Å². The topological polar surface area (TPSA) is 106 Å². The number of pyridine rings is 1. The third-order valence-corrected chi connectivity index (χ3v) is 6.63. The van der Waals surface area contributed by atoms with Gasteiger partial charge in [0.25, 0.3) is 0 Å². The van der Waals surface area contributed by atoms with Crippen molar-refractivity contribution in [2.45, 2.75) is 38.2 Å². The van der Waals surface area contributed by atoms with E-state index in [1.54, 1.807) is 42.9 Å². The van der Waals surface area contributed by atoms with E-state index in [1.807, 2.05) is 30.3 Å². The lowest BCUT2D eigenvalue weighted by Crippen LogP contribution is -2.21. The monoisotopic (exact) mass is 500 g/mol. The van der Waals surface area contributed by atoms with Crippen LogP contribution in [-0.4, -0.2) is 31.9 Å². The number of amides is 1. The van der Waals surface area contributed by atoms with Crippen molar-refractivity contribution in [3.63, 3.8) is 0 Å². The average Bonchev–Trinajstić information content (AvgIpc) is 3.63. The van der Waals surface area contributed by atoms with Crippen molar-refractivity contribution in [3.05, 3.63) is 95.6 Å². The Balaban J connectivity index is 1.34. The van der Waals surface area contributed by atoms with E-state index >= 15 is 0 Å². The number of nitrogens with one attached hydrogen (secondary N) is 1. The van der Waals surface area contributed by atoms with Crippen LogP contribution in [0.15, 0.2) is 73.1 Å². The normalized spacial score (nSPS) is 14.6. The number of carbonyl (C=O) groups excluding carboxylic acids is 1. The summed E-state index contributed by atoms with van der Waals surface area (Å²) in [4.78, 5) is 28.7. The second-order valence-electron chi connectivity index (χ2n) is 9.14. The molecule has 4 aromatic rings. The summed E-state index contributed by atoms with van der Waals surface area (Å²) in [6.07, 6.45) is 3.12. The third-order valence-electron chi connectivity index (χ3n) is 6.63. The van der Waals surface area contributed by atoms with Crippen LogP contribution >= 0.6 is 0 Å². The minimum Gasteiger partial charge on any atom is -0.481 e. The number of ether oxygens (including phenoxy) is 1. The lowest BCUT2D eigenvalue weighted by Gasteiger charge is -2.16. The Bertz CT molecular complexity index is 1460. The molecule has 0 aliphatic heterocycles. The van der Waals surface area contributed by atoms with Crippen LogP contribution in [0.4, 0.5) is 15.0 Å². The summed E-state index contributed by atoms with van der Waals surface area (Å²) in [5.41, 5.74) is 2.08. The zero-order valence-electron chi connectivity index (χ0n) is 20.3. The largest absolute Gasteiger partial charge is 0.481 e. The first-order valence-corrected chi connectivity index (χ1v) is 11.9. The molecule has 1 fully saturated rings. The van der Waals surface area contributed by atoms with E-state index in [1.165, 1.54) is 18.3 Å². The number of anilines is 1. The standard InChI is InChI=1S/C28H25FN4O4/c1-17-16-33(32-25(17)31-27(36)37-18(2)19-7-4-3-5-8-19)20-11-12-23(30-15-20)24-21(9-6-10-22(24)29)28(13-14-28)26(34)35/h3-12,15-16,18H,13-14H2,1-2H3,(H,34,35)(H,31,32,36). The van der Waals surface area contributed by atoms with E-state index in [4.69, 9.17) is 4.74 Å². The molecule has 2 N–H and O–H groups in total. The van der Waals surface area contributed by atoms with E-state index in [0.29, 0.717) is 41.2 Å². The second kappa shape index (κ2) is 9.50. The highest BCUT2D eigenvalue weighted by molar-refractivity contribution is 5.88.